The van der Waals surface area contributed by atoms with Crippen molar-refractivity contribution in [2.45, 2.75) is 11.4 Å². The van der Waals surface area contributed by atoms with Crippen molar-refractivity contribution in [2.75, 3.05) is 7.05 Å². The molecule has 32 heavy (non-hydrogen) atoms. The predicted molar refractivity (Wildman–Crippen MR) is 117 cm³/mol. The second-order valence-electron chi connectivity index (χ2n) is 6.99. The summed E-state index contributed by atoms with van der Waals surface area (Å²) in [6.45, 7) is 0.155. The van der Waals surface area contributed by atoms with E-state index in [2.05, 4.69) is 15.1 Å². The van der Waals surface area contributed by atoms with Crippen LogP contribution in [0.3, 0.4) is 0 Å². The number of halogens is 1. The Labute approximate surface area is 183 Å². The molecule has 1 heterocycles. The van der Waals surface area contributed by atoms with E-state index in [9.17, 15) is 22.7 Å². The van der Waals surface area contributed by atoms with Crippen LogP contribution in [0.15, 0.2) is 71.8 Å². The lowest BCUT2D eigenvalue weighted by Gasteiger charge is -2.09. The number of carbonyl (C=O) groups excluding carboxylic acids is 1. The molecule has 164 valence electrons. The highest BCUT2D eigenvalue weighted by Gasteiger charge is 2.17. The summed E-state index contributed by atoms with van der Waals surface area (Å²) >= 11 is 0. The van der Waals surface area contributed by atoms with Crippen molar-refractivity contribution in [1.82, 2.24) is 19.8 Å². The van der Waals surface area contributed by atoms with Gasteiger partial charge in [0.1, 0.15) is 11.6 Å². The van der Waals surface area contributed by atoms with Gasteiger partial charge >= 0.3 is 0 Å². The van der Waals surface area contributed by atoms with Crippen molar-refractivity contribution in [3.63, 3.8) is 0 Å². The molecule has 0 bridgehead atoms. The van der Waals surface area contributed by atoms with Gasteiger partial charge in [0.15, 0.2) is 0 Å². The molecule has 1 aromatic heterocycles. The van der Waals surface area contributed by atoms with Crippen LogP contribution in [0.5, 0.6) is 5.75 Å². The lowest BCUT2D eigenvalue weighted by Crippen LogP contribution is -2.23. The van der Waals surface area contributed by atoms with E-state index in [1.165, 1.54) is 54.3 Å². The van der Waals surface area contributed by atoms with Crippen molar-refractivity contribution in [3.05, 3.63) is 83.8 Å². The number of aromatic hydroxyl groups is 1. The Bertz CT molecular complexity index is 1400. The summed E-state index contributed by atoms with van der Waals surface area (Å²) in [7, 11) is -2.21. The van der Waals surface area contributed by atoms with E-state index in [1.54, 1.807) is 24.3 Å². The van der Waals surface area contributed by atoms with E-state index in [4.69, 9.17) is 0 Å². The Balaban J connectivity index is 1.58. The fraction of sp³-hybridized carbons (Fsp3) is 0.0909. The molecule has 4 rings (SSSR count). The van der Waals surface area contributed by atoms with E-state index in [0.717, 1.165) is 0 Å². The number of aromatic nitrogens is 2. The maximum absolute atomic E-state index is 13.2. The maximum Gasteiger partial charge on any atom is 0.252 e. The molecule has 0 saturated heterocycles. The molecule has 0 fully saturated rings. The number of carbonyl (C=O) groups is 1. The third-order valence-electron chi connectivity index (χ3n) is 4.94. The zero-order chi connectivity index (χ0) is 22.9. The van der Waals surface area contributed by atoms with Crippen molar-refractivity contribution in [2.24, 2.45) is 0 Å². The summed E-state index contributed by atoms with van der Waals surface area (Å²) in [5, 5.41) is 17.7. The minimum atomic E-state index is -3.54. The Morgan fingerprint density at radius 2 is 1.78 bits per heavy atom. The highest BCUT2D eigenvalue weighted by Crippen LogP contribution is 2.27. The van der Waals surface area contributed by atoms with Crippen LogP contribution in [0.2, 0.25) is 0 Å². The molecule has 0 atom stereocenters. The predicted octanol–water partition coefficient (Wildman–Crippen LogP) is 2.71. The van der Waals surface area contributed by atoms with Crippen molar-refractivity contribution >= 4 is 26.8 Å². The number of hydrogen-bond acceptors (Lipinski definition) is 5. The number of rotatable bonds is 6. The Kier molecular flexibility index (Phi) is 5.64. The van der Waals surface area contributed by atoms with Crippen molar-refractivity contribution < 1.29 is 22.7 Å². The molecule has 0 aliphatic carbocycles. The summed E-state index contributed by atoms with van der Waals surface area (Å²) in [4.78, 5) is 13.0. The molecule has 3 N–H and O–H groups in total. The van der Waals surface area contributed by atoms with Gasteiger partial charge in [0, 0.05) is 18.0 Å². The van der Waals surface area contributed by atoms with Gasteiger partial charge in [-0.1, -0.05) is 12.1 Å². The Morgan fingerprint density at radius 1 is 1.09 bits per heavy atom. The third kappa shape index (κ3) is 4.18. The molecule has 0 aliphatic rings. The molecule has 8 nitrogen and oxygen atoms in total. The quantitative estimate of drug-likeness (QED) is 0.415. The van der Waals surface area contributed by atoms with Gasteiger partial charge in [-0.15, -0.1) is 0 Å². The second-order valence-corrected chi connectivity index (χ2v) is 8.88. The normalized spacial score (nSPS) is 11.6. The van der Waals surface area contributed by atoms with E-state index in [1.807, 2.05) is 0 Å². The number of nitrogens with zero attached hydrogens (tertiary/aromatic N) is 2. The first kappa shape index (κ1) is 21.5. The minimum absolute atomic E-state index is 0.117. The Morgan fingerprint density at radius 3 is 2.44 bits per heavy atom. The summed E-state index contributed by atoms with van der Waals surface area (Å²) in [6, 6.07) is 14.6. The molecule has 10 heteroatoms. The number of nitrogens with one attached hydrogen (secondary N) is 2. The molecule has 0 spiro atoms. The third-order valence-corrected chi connectivity index (χ3v) is 6.37. The monoisotopic (exact) mass is 454 g/mol. The average molecular weight is 454 g/mol. The van der Waals surface area contributed by atoms with E-state index in [0.29, 0.717) is 22.2 Å². The van der Waals surface area contributed by atoms with Crippen molar-refractivity contribution in [1.29, 1.82) is 0 Å². The van der Waals surface area contributed by atoms with Gasteiger partial charge in [0.2, 0.25) is 10.0 Å². The molecule has 0 aliphatic heterocycles. The Hall–Kier alpha value is -3.76. The highest BCUT2D eigenvalue weighted by molar-refractivity contribution is 7.89. The standard InChI is InChI=1S/C22H19FN4O4S/c1-24-32(30,31)18-8-2-14(3-9-18)12-25-22(29)19-10-17(28)11-21-20(19)13-26-27(21)16-6-4-15(23)5-7-16/h2-11,13,24,28H,12H2,1H3,(H,25,29). The number of phenolic OH excluding ortho intramolecular Hbond substituents is 1. The largest absolute Gasteiger partial charge is 0.508 e. The van der Waals surface area contributed by atoms with Crippen LogP contribution in [0.4, 0.5) is 4.39 Å². The minimum Gasteiger partial charge on any atom is -0.508 e. The fourth-order valence-electron chi connectivity index (χ4n) is 3.27. The number of hydrogen-bond donors (Lipinski definition) is 3. The fourth-order valence-corrected chi connectivity index (χ4v) is 4.00. The van der Waals surface area contributed by atoms with Crippen LogP contribution >= 0.6 is 0 Å². The van der Waals surface area contributed by atoms with Gasteiger partial charge in [-0.2, -0.15) is 5.10 Å². The zero-order valence-corrected chi connectivity index (χ0v) is 17.7. The number of amides is 1. The van der Waals surface area contributed by atoms with Gasteiger partial charge in [0.05, 0.1) is 27.9 Å². The van der Waals surface area contributed by atoms with Gasteiger partial charge in [0.25, 0.3) is 5.91 Å². The molecular weight excluding hydrogens is 435 g/mol. The van der Waals surface area contributed by atoms with E-state index >= 15 is 0 Å². The molecular formula is C22H19FN4O4S. The van der Waals surface area contributed by atoms with E-state index < -0.39 is 15.9 Å². The lowest BCUT2D eigenvalue weighted by molar-refractivity contribution is 0.0952. The maximum atomic E-state index is 13.2. The average Bonchev–Trinajstić information content (AvgIpc) is 3.21. The second kappa shape index (κ2) is 8.40. The van der Waals surface area contributed by atoms with Crippen LogP contribution in [0, 0.1) is 5.82 Å². The molecule has 4 aromatic rings. The summed E-state index contributed by atoms with van der Waals surface area (Å²) in [5.74, 6) is -0.936. The molecule has 0 unspecified atom stereocenters. The topological polar surface area (TPSA) is 113 Å². The smallest absolute Gasteiger partial charge is 0.252 e. The van der Waals surface area contributed by atoms with Crippen LogP contribution in [0.1, 0.15) is 15.9 Å². The summed E-state index contributed by atoms with van der Waals surface area (Å²) in [5.41, 5.74) is 1.99. The summed E-state index contributed by atoms with van der Waals surface area (Å²) < 4.78 is 40.6. The molecule has 3 aromatic carbocycles. The van der Waals surface area contributed by atoms with Crippen LogP contribution in [-0.2, 0) is 16.6 Å². The van der Waals surface area contributed by atoms with E-state index in [-0.39, 0.29) is 28.6 Å². The van der Waals surface area contributed by atoms with Gasteiger partial charge in [-0.3, -0.25) is 4.79 Å². The van der Waals surface area contributed by atoms with Crippen LogP contribution in [-0.4, -0.2) is 36.3 Å². The molecule has 1 amide bonds. The van der Waals surface area contributed by atoms with Gasteiger partial charge in [-0.25, -0.2) is 22.2 Å². The SMILES string of the molecule is CNS(=O)(=O)c1ccc(CNC(=O)c2cc(O)cc3c2cnn3-c2ccc(F)cc2)cc1. The van der Waals surface area contributed by atoms with Crippen molar-refractivity contribution in [3.8, 4) is 11.4 Å². The first-order chi connectivity index (χ1) is 15.3. The highest BCUT2D eigenvalue weighted by atomic mass is 32.2. The zero-order valence-electron chi connectivity index (χ0n) is 16.9. The summed E-state index contributed by atoms with van der Waals surface area (Å²) in [6.07, 6.45) is 1.50. The first-order valence-electron chi connectivity index (χ1n) is 9.56. The van der Waals surface area contributed by atoms with Gasteiger partial charge in [-0.05, 0) is 55.1 Å². The lowest BCUT2D eigenvalue weighted by atomic mass is 10.1. The number of sulfonamides is 1. The number of phenols is 1. The number of fused-ring (bicyclic) bond motifs is 1. The van der Waals surface area contributed by atoms with Gasteiger partial charge < -0.3 is 10.4 Å². The number of benzene rings is 3. The van der Waals surface area contributed by atoms with Crippen LogP contribution in [0.25, 0.3) is 16.6 Å². The molecule has 0 saturated carbocycles. The van der Waals surface area contributed by atoms with Crippen LogP contribution < -0.4 is 10.0 Å². The first-order valence-corrected chi connectivity index (χ1v) is 11.0. The molecule has 0 radical (unpaired) electrons.